The predicted molar refractivity (Wildman–Crippen MR) is 196 cm³/mol. The summed E-state index contributed by atoms with van der Waals surface area (Å²) in [6.07, 6.45) is 7.82. The van der Waals surface area contributed by atoms with Gasteiger partial charge in [-0.2, -0.15) is 0 Å². The van der Waals surface area contributed by atoms with E-state index in [0.717, 1.165) is 44.2 Å². The fraction of sp³-hybridized carbons (Fsp3) is 0. The van der Waals surface area contributed by atoms with Crippen LogP contribution < -0.4 is 0 Å². The lowest BCUT2D eigenvalue weighted by atomic mass is 10.1. The average Bonchev–Trinajstić information content (AvgIpc) is 3.84. The second-order valence-electron chi connectivity index (χ2n) is 11.9. The molecule has 0 aliphatic heterocycles. The first-order valence-electron chi connectivity index (χ1n) is 15.3. The maximum absolute atomic E-state index is 4.59. The molecule has 11 rings (SSSR count). The van der Waals surface area contributed by atoms with E-state index in [4.69, 9.17) is 0 Å². The molecule has 0 saturated heterocycles. The third-order valence-corrected chi connectivity index (χ3v) is 11.8. The van der Waals surface area contributed by atoms with Crippen molar-refractivity contribution in [2.75, 3.05) is 0 Å². The zero-order chi connectivity index (χ0) is 29.9. The van der Waals surface area contributed by atoms with Crippen LogP contribution in [0.4, 0.5) is 0 Å². The first-order chi connectivity index (χ1) is 22.8. The molecule has 6 aromatic heterocycles. The first kappa shape index (κ1) is 24.7. The van der Waals surface area contributed by atoms with Crippen LogP contribution in [0.25, 0.3) is 95.3 Å². The molecule has 11 aromatic rings. The van der Waals surface area contributed by atoms with E-state index in [0.29, 0.717) is 0 Å². The summed E-state index contributed by atoms with van der Waals surface area (Å²) in [4.78, 5) is 9.17. The number of hydrogen-bond donors (Lipinski definition) is 0. The lowest BCUT2D eigenvalue weighted by molar-refractivity contribution is 1.18. The number of pyridine rings is 2. The van der Waals surface area contributed by atoms with Gasteiger partial charge in [0.2, 0.25) is 0 Å². The first-order valence-corrected chi connectivity index (χ1v) is 16.9. The van der Waals surface area contributed by atoms with Gasteiger partial charge >= 0.3 is 0 Å². The van der Waals surface area contributed by atoms with Gasteiger partial charge in [-0.3, -0.25) is 9.97 Å². The van der Waals surface area contributed by atoms with Crippen LogP contribution in [0.15, 0.2) is 134 Å². The van der Waals surface area contributed by atoms with Crippen LogP contribution in [-0.4, -0.2) is 19.1 Å². The summed E-state index contributed by atoms with van der Waals surface area (Å²) in [5.41, 5.74) is 6.93. The highest BCUT2D eigenvalue weighted by molar-refractivity contribution is 7.26. The predicted octanol–water partition coefficient (Wildman–Crippen LogP) is 11.4. The standard InChI is InChI=1S/C40H22N4S2/c1-3-7-37-25(5-1)29-17-23(9-11-39(29)45-37)43-33-13-15-41-21-31(33)27-20-36-28(19-35(27)43)32-22-42-16-14-34(32)44(36)24-10-12-40-30(18-24)26-6-2-4-8-38(26)46-40/h1-22H. The number of fused-ring (bicyclic) bond motifs is 12. The second kappa shape index (κ2) is 9.01. The second-order valence-corrected chi connectivity index (χ2v) is 14.1. The maximum atomic E-state index is 4.59. The van der Waals surface area contributed by atoms with Crippen molar-refractivity contribution in [2.24, 2.45) is 0 Å². The lowest BCUT2D eigenvalue weighted by Crippen LogP contribution is -1.94. The minimum absolute atomic E-state index is 1.14. The summed E-state index contributed by atoms with van der Waals surface area (Å²) in [6, 6.07) is 40.1. The molecule has 0 aliphatic carbocycles. The monoisotopic (exact) mass is 622 g/mol. The lowest BCUT2D eigenvalue weighted by Gasteiger charge is -2.10. The van der Waals surface area contributed by atoms with Crippen molar-refractivity contribution in [2.45, 2.75) is 0 Å². The fourth-order valence-corrected chi connectivity index (χ4v) is 9.65. The zero-order valence-electron chi connectivity index (χ0n) is 24.3. The van der Waals surface area contributed by atoms with Crippen LogP contribution in [0.3, 0.4) is 0 Å². The Morgan fingerprint density at radius 3 is 1.33 bits per heavy atom. The van der Waals surface area contributed by atoms with E-state index in [1.807, 2.05) is 47.5 Å². The highest BCUT2D eigenvalue weighted by Crippen LogP contribution is 2.42. The molecule has 0 N–H and O–H groups in total. The van der Waals surface area contributed by atoms with Crippen molar-refractivity contribution in [1.82, 2.24) is 19.1 Å². The number of aromatic nitrogens is 4. The van der Waals surface area contributed by atoms with Gasteiger partial charge in [-0.05, 0) is 72.8 Å². The third-order valence-electron chi connectivity index (χ3n) is 9.49. The quantitative estimate of drug-likeness (QED) is 0.192. The SMILES string of the molecule is c1ccc2c(c1)sc1ccc(-n3c4ccncc4c4cc5c(cc43)c3cnccc3n5-c3ccc4sc5ccccc5c4c3)cc12. The third kappa shape index (κ3) is 3.27. The minimum atomic E-state index is 1.14. The number of rotatable bonds is 2. The molecular formula is C40H22N4S2. The van der Waals surface area contributed by atoms with E-state index >= 15 is 0 Å². The molecule has 0 bridgehead atoms. The van der Waals surface area contributed by atoms with Gasteiger partial charge in [-0.1, -0.05) is 36.4 Å². The van der Waals surface area contributed by atoms with Gasteiger partial charge in [-0.15, -0.1) is 22.7 Å². The molecule has 6 heteroatoms. The molecule has 46 heavy (non-hydrogen) atoms. The van der Waals surface area contributed by atoms with Gasteiger partial charge in [-0.25, -0.2) is 0 Å². The number of nitrogens with zero attached hydrogens (tertiary/aromatic N) is 4. The topological polar surface area (TPSA) is 35.6 Å². The summed E-state index contributed by atoms with van der Waals surface area (Å²) < 4.78 is 10.0. The summed E-state index contributed by atoms with van der Waals surface area (Å²) in [5, 5.41) is 9.85. The van der Waals surface area contributed by atoms with Crippen molar-refractivity contribution in [3.63, 3.8) is 0 Å². The van der Waals surface area contributed by atoms with Gasteiger partial charge in [0.1, 0.15) is 0 Å². The molecule has 0 fully saturated rings. The molecule has 6 heterocycles. The number of benzene rings is 5. The van der Waals surface area contributed by atoms with Crippen molar-refractivity contribution >= 4 is 107 Å². The van der Waals surface area contributed by atoms with Gasteiger partial charge < -0.3 is 9.13 Å². The fourth-order valence-electron chi connectivity index (χ4n) is 7.48. The van der Waals surface area contributed by atoms with Crippen LogP contribution in [0, 0.1) is 0 Å². The van der Waals surface area contributed by atoms with Crippen LogP contribution in [0.5, 0.6) is 0 Å². The number of hydrogen-bond acceptors (Lipinski definition) is 4. The van der Waals surface area contributed by atoms with Crippen LogP contribution in [-0.2, 0) is 0 Å². The van der Waals surface area contributed by atoms with E-state index in [9.17, 15) is 0 Å². The summed E-state index contributed by atoms with van der Waals surface area (Å²) in [5.74, 6) is 0. The number of thiophene rings is 2. The minimum Gasteiger partial charge on any atom is -0.309 e. The maximum Gasteiger partial charge on any atom is 0.0571 e. The molecular weight excluding hydrogens is 601 g/mol. The smallest absolute Gasteiger partial charge is 0.0571 e. The summed E-state index contributed by atoms with van der Waals surface area (Å²) in [6.45, 7) is 0. The van der Waals surface area contributed by atoms with Crippen LogP contribution in [0.2, 0.25) is 0 Å². The molecule has 0 spiro atoms. The largest absolute Gasteiger partial charge is 0.309 e. The van der Waals surface area contributed by atoms with Crippen LogP contribution >= 0.6 is 22.7 Å². The Hall–Kier alpha value is -5.56. The highest BCUT2D eigenvalue weighted by atomic mass is 32.1. The Bertz CT molecular complexity index is 2840. The molecule has 0 amide bonds. The Kier molecular flexibility index (Phi) is 4.84. The van der Waals surface area contributed by atoms with Gasteiger partial charge in [0, 0.05) is 98.1 Å². The Labute approximate surface area is 270 Å². The van der Waals surface area contributed by atoms with Gasteiger partial charge in [0.15, 0.2) is 0 Å². The van der Waals surface area contributed by atoms with Gasteiger partial charge in [0.05, 0.1) is 22.1 Å². The Balaban J connectivity index is 1.24. The van der Waals surface area contributed by atoms with E-state index in [2.05, 4.69) is 128 Å². The molecule has 0 aliphatic rings. The molecule has 214 valence electrons. The summed E-state index contributed by atoms with van der Waals surface area (Å²) >= 11 is 3.70. The van der Waals surface area contributed by atoms with Crippen molar-refractivity contribution in [3.8, 4) is 11.4 Å². The normalized spacial score (nSPS) is 12.3. The van der Waals surface area contributed by atoms with Gasteiger partial charge in [0.25, 0.3) is 0 Å². The average molecular weight is 623 g/mol. The highest BCUT2D eigenvalue weighted by Gasteiger charge is 2.20. The van der Waals surface area contributed by atoms with Crippen LogP contribution in [0.1, 0.15) is 0 Å². The Morgan fingerprint density at radius 1 is 0.370 bits per heavy atom. The molecule has 0 radical (unpaired) electrons. The van der Waals surface area contributed by atoms with E-state index in [1.54, 1.807) is 0 Å². The van der Waals surface area contributed by atoms with E-state index < -0.39 is 0 Å². The van der Waals surface area contributed by atoms with Crippen molar-refractivity contribution in [3.05, 3.63) is 134 Å². The molecule has 4 nitrogen and oxygen atoms in total. The summed E-state index contributed by atoms with van der Waals surface area (Å²) in [7, 11) is 0. The Morgan fingerprint density at radius 2 is 0.826 bits per heavy atom. The van der Waals surface area contributed by atoms with E-state index in [1.165, 1.54) is 51.1 Å². The molecule has 5 aromatic carbocycles. The van der Waals surface area contributed by atoms with Crippen molar-refractivity contribution in [1.29, 1.82) is 0 Å². The zero-order valence-corrected chi connectivity index (χ0v) is 25.9. The van der Waals surface area contributed by atoms with E-state index in [-0.39, 0.29) is 0 Å². The molecule has 0 atom stereocenters. The van der Waals surface area contributed by atoms with Crippen molar-refractivity contribution < 1.29 is 0 Å². The molecule has 0 saturated carbocycles. The molecule has 0 unspecified atom stereocenters.